The largest absolute Gasteiger partial charge is 0.394 e. The van der Waals surface area contributed by atoms with Crippen LogP contribution in [0.3, 0.4) is 0 Å². The molecule has 0 amide bonds. The fraction of sp³-hybridized carbons (Fsp3) is 0.857. The van der Waals surface area contributed by atoms with Gasteiger partial charge in [-0.05, 0) is 0 Å². The van der Waals surface area contributed by atoms with E-state index in [1.807, 2.05) is 20.0 Å². The highest BCUT2D eigenvalue weighted by molar-refractivity contribution is 5.06. The first-order chi connectivity index (χ1) is 9.54. The summed E-state index contributed by atoms with van der Waals surface area (Å²) in [6, 6.07) is 0. The van der Waals surface area contributed by atoms with Gasteiger partial charge in [0.15, 0.2) is 0 Å². The van der Waals surface area contributed by atoms with Crippen LogP contribution in [0.25, 0.3) is 0 Å². The number of hydrogen-bond donors (Lipinski definition) is 1. The molecule has 20 heavy (non-hydrogen) atoms. The predicted molar refractivity (Wildman–Crippen MR) is 78.8 cm³/mol. The molecule has 0 aliphatic heterocycles. The Bertz CT molecular complexity index is 335. The minimum atomic E-state index is 0.0250. The van der Waals surface area contributed by atoms with Gasteiger partial charge in [-0.15, -0.1) is 5.10 Å². The summed E-state index contributed by atoms with van der Waals surface area (Å²) < 4.78 is 12.2. The average Bonchev–Trinajstić information content (AvgIpc) is 2.89. The number of aliphatic hydroxyl groups excluding tert-OH is 1. The van der Waals surface area contributed by atoms with Crippen LogP contribution in [0.2, 0.25) is 0 Å². The van der Waals surface area contributed by atoms with Crippen LogP contribution in [0.1, 0.15) is 40.3 Å². The summed E-state index contributed by atoms with van der Waals surface area (Å²) in [4.78, 5) is 0. The molecule has 1 rings (SSSR count). The Kier molecular flexibility index (Phi) is 10.2. The fourth-order valence-corrected chi connectivity index (χ4v) is 1.30. The molecule has 0 atom stereocenters. The van der Waals surface area contributed by atoms with Crippen molar-refractivity contribution in [3.8, 4) is 0 Å². The van der Waals surface area contributed by atoms with Crippen LogP contribution in [0.15, 0.2) is 6.20 Å². The molecule has 1 heterocycles. The SMILES string of the molecule is CC.CC(C)(C)c1cn(CCOCCOCCO)nn1. The van der Waals surface area contributed by atoms with Crippen LogP contribution < -0.4 is 0 Å². The fourth-order valence-electron chi connectivity index (χ4n) is 1.30. The topological polar surface area (TPSA) is 69.4 Å². The van der Waals surface area contributed by atoms with Crippen molar-refractivity contribution in [3.05, 3.63) is 11.9 Å². The van der Waals surface area contributed by atoms with Gasteiger partial charge in [0, 0.05) is 11.6 Å². The van der Waals surface area contributed by atoms with Gasteiger partial charge in [0.2, 0.25) is 0 Å². The second-order valence-electron chi connectivity index (χ2n) is 5.07. The van der Waals surface area contributed by atoms with E-state index in [0.29, 0.717) is 33.0 Å². The third kappa shape index (κ3) is 8.24. The van der Waals surface area contributed by atoms with Gasteiger partial charge in [-0.3, -0.25) is 0 Å². The molecule has 0 bridgehead atoms. The maximum atomic E-state index is 8.50. The van der Waals surface area contributed by atoms with Gasteiger partial charge in [0.05, 0.1) is 45.3 Å². The Balaban J connectivity index is 0.00000172. The molecular formula is C14H29N3O3. The first kappa shape index (κ1) is 19.0. The lowest BCUT2D eigenvalue weighted by Crippen LogP contribution is -2.12. The lowest BCUT2D eigenvalue weighted by molar-refractivity contribution is 0.0302. The monoisotopic (exact) mass is 287 g/mol. The third-order valence-electron chi connectivity index (χ3n) is 2.38. The molecule has 0 saturated carbocycles. The van der Waals surface area contributed by atoms with Gasteiger partial charge in [0.1, 0.15) is 0 Å². The molecule has 0 aromatic carbocycles. The van der Waals surface area contributed by atoms with Crippen LogP contribution in [0.5, 0.6) is 0 Å². The molecular weight excluding hydrogens is 258 g/mol. The second-order valence-corrected chi connectivity index (χ2v) is 5.07. The van der Waals surface area contributed by atoms with E-state index in [1.54, 1.807) is 4.68 Å². The molecule has 0 fully saturated rings. The summed E-state index contributed by atoms with van der Waals surface area (Å²) in [7, 11) is 0. The van der Waals surface area contributed by atoms with Gasteiger partial charge >= 0.3 is 0 Å². The third-order valence-corrected chi connectivity index (χ3v) is 2.38. The molecule has 118 valence electrons. The van der Waals surface area contributed by atoms with Crippen molar-refractivity contribution in [2.24, 2.45) is 0 Å². The molecule has 0 spiro atoms. The Morgan fingerprint density at radius 2 is 1.70 bits per heavy atom. The minimum Gasteiger partial charge on any atom is -0.394 e. The molecule has 0 aliphatic carbocycles. The van der Waals surface area contributed by atoms with Crippen LogP contribution in [0, 0.1) is 0 Å². The van der Waals surface area contributed by atoms with Gasteiger partial charge < -0.3 is 14.6 Å². The van der Waals surface area contributed by atoms with Gasteiger partial charge in [-0.1, -0.05) is 39.8 Å². The average molecular weight is 287 g/mol. The Hall–Kier alpha value is -0.980. The Labute approximate surface area is 122 Å². The number of rotatable bonds is 8. The van der Waals surface area contributed by atoms with Crippen molar-refractivity contribution in [2.45, 2.75) is 46.6 Å². The highest BCUT2D eigenvalue weighted by Crippen LogP contribution is 2.18. The molecule has 1 aromatic heterocycles. The van der Waals surface area contributed by atoms with Gasteiger partial charge in [-0.25, -0.2) is 4.68 Å². The van der Waals surface area contributed by atoms with Crippen LogP contribution >= 0.6 is 0 Å². The van der Waals surface area contributed by atoms with E-state index in [9.17, 15) is 0 Å². The number of nitrogens with zero attached hydrogens (tertiary/aromatic N) is 3. The molecule has 0 radical (unpaired) electrons. The summed E-state index contributed by atoms with van der Waals surface area (Å²) in [6.07, 6.45) is 1.95. The lowest BCUT2D eigenvalue weighted by Gasteiger charge is -2.12. The van der Waals surface area contributed by atoms with E-state index in [-0.39, 0.29) is 12.0 Å². The van der Waals surface area contributed by atoms with E-state index in [4.69, 9.17) is 14.6 Å². The maximum Gasteiger partial charge on any atom is 0.0880 e. The highest BCUT2D eigenvalue weighted by Gasteiger charge is 2.17. The van der Waals surface area contributed by atoms with Crippen molar-refractivity contribution in [1.82, 2.24) is 15.0 Å². The Morgan fingerprint density at radius 1 is 1.10 bits per heavy atom. The zero-order chi connectivity index (χ0) is 15.4. The molecule has 1 aromatic rings. The molecule has 0 saturated heterocycles. The molecule has 6 heteroatoms. The van der Waals surface area contributed by atoms with Crippen molar-refractivity contribution >= 4 is 0 Å². The zero-order valence-electron chi connectivity index (χ0n) is 13.4. The number of aromatic nitrogens is 3. The van der Waals surface area contributed by atoms with Crippen LogP contribution in [-0.2, 0) is 21.4 Å². The van der Waals surface area contributed by atoms with Crippen molar-refractivity contribution < 1.29 is 14.6 Å². The number of hydrogen-bond acceptors (Lipinski definition) is 5. The molecule has 6 nitrogen and oxygen atoms in total. The first-order valence-electron chi connectivity index (χ1n) is 7.21. The van der Waals surface area contributed by atoms with E-state index < -0.39 is 0 Å². The van der Waals surface area contributed by atoms with Crippen molar-refractivity contribution in [1.29, 1.82) is 0 Å². The second kappa shape index (κ2) is 10.8. The van der Waals surface area contributed by atoms with E-state index in [2.05, 4.69) is 31.1 Å². The summed E-state index contributed by atoms with van der Waals surface area (Å²) >= 11 is 0. The highest BCUT2D eigenvalue weighted by atomic mass is 16.5. The van der Waals surface area contributed by atoms with E-state index >= 15 is 0 Å². The normalized spacial score (nSPS) is 11.1. The van der Waals surface area contributed by atoms with E-state index in [0.717, 1.165) is 5.69 Å². The summed E-state index contributed by atoms with van der Waals surface area (Å²) in [5.74, 6) is 0. The van der Waals surface area contributed by atoms with Crippen LogP contribution in [-0.4, -0.2) is 53.1 Å². The summed E-state index contributed by atoms with van der Waals surface area (Å²) in [5.41, 5.74) is 1.01. The summed E-state index contributed by atoms with van der Waals surface area (Å²) in [5, 5.41) is 16.7. The van der Waals surface area contributed by atoms with Crippen LogP contribution in [0.4, 0.5) is 0 Å². The standard InChI is InChI=1S/C12H23N3O3.C2H6/c1-12(2,3)11-10-15(14-13-11)4-6-17-8-9-18-7-5-16;1-2/h10,16H,4-9H2,1-3H3;1-2H3. The number of ether oxygens (including phenoxy) is 2. The van der Waals surface area contributed by atoms with E-state index in [1.165, 1.54) is 0 Å². The van der Waals surface area contributed by atoms with Crippen molar-refractivity contribution in [3.63, 3.8) is 0 Å². The first-order valence-corrected chi connectivity index (χ1v) is 7.21. The predicted octanol–water partition coefficient (Wildman–Crippen LogP) is 1.63. The Morgan fingerprint density at radius 3 is 2.20 bits per heavy atom. The summed E-state index contributed by atoms with van der Waals surface area (Å²) in [6.45, 7) is 13.0. The van der Waals surface area contributed by atoms with Gasteiger partial charge in [0.25, 0.3) is 0 Å². The molecule has 0 unspecified atom stereocenters. The zero-order valence-corrected chi connectivity index (χ0v) is 13.4. The molecule has 1 N–H and O–H groups in total. The molecule has 0 aliphatic rings. The maximum absolute atomic E-state index is 8.50. The lowest BCUT2D eigenvalue weighted by atomic mass is 9.93. The van der Waals surface area contributed by atoms with Gasteiger partial charge in [-0.2, -0.15) is 0 Å². The number of aliphatic hydroxyl groups is 1. The van der Waals surface area contributed by atoms with Crippen molar-refractivity contribution in [2.75, 3.05) is 33.0 Å². The minimum absolute atomic E-state index is 0.0250. The quantitative estimate of drug-likeness (QED) is 0.736. The smallest absolute Gasteiger partial charge is 0.0880 e.